The van der Waals surface area contributed by atoms with Crippen LogP contribution < -0.4 is 0 Å². The zero-order chi connectivity index (χ0) is 4.99. The molecule has 0 aliphatic heterocycles. The van der Waals surface area contributed by atoms with Crippen LogP contribution in [0, 0.1) is 0 Å². The van der Waals surface area contributed by atoms with Gasteiger partial charge in [0.1, 0.15) is 0 Å². The number of alkyl halides is 1. The zero-order valence-electron chi connectivity index (χ0n) is 3.26. The molecular formula is C3H7IO2. The van der Waals surface area contributed by atoms with Crippen molar-refractivity contribution in [1.82, 2.24) is 0 Å². The van der Waals surface area contributed by atoms with Crippen molar-refractivity contribution in [2.75, 3.05) is 11.0 Å². The van der Waals surface area contributed by atoms with Crippen LogP contribution >= 0.6 is 22.6 Å². The van der Waals surface area contributed by atoms with Gasteiger partial charge in [0.15, 0.2) is 0 Å². The Kier molecular flexibility index (Phi) is 4.24. The first kappa shape index (κ1) is 6.65. The van der Waals surface area contributed by atoms with E-state index in [1.54, 1.807) is 0 Å². The van der Waals surface area contributed by atoms with E-state index >= 15 is 0 Å². The number of halogens is 1. The molecule has 0 unspecified atom stereocenters. The van der Waals surface area contributed by atoms with E-state index in [1.165, 1.54) is 0 Å². The van der Waals surface area contributed by atoms with E-state index in [0.29, 0.717) is 4.43 Å². The molecule has 0 aromatic carbocycles. The highest BCUT2D eigenvalue weighted by atomic mass is 127. The van der Waals surface area contributed by atoms with Gasteiger partial charge in [0, 0.05) is 4.43 Å². The SMILES string of the molecule is OC[C@H](O)CI. The second-order valence-electron chi connectivity index (χ2n) is 0.991. The molecule has 38 valence electrons. The lowest BCUT2D eigenvalue weighted by atomic mass is 10.5. The van der Waals surface area contributed by atoms with Gasteiger partial charge < -0.3 is 10.2 Å². The Morgan fingerprint density at radius 3 is 2.17 bits per heavy atom. The average molecular weight is 202 g/mol. The molecule has 1 atom stereocenters. The largest absolute Gasteiger partial charge is 0.394 e. The molecule has 0 amide bonds. The second-order valence-corrected chi connectivity index (χ2v) is 1.87. The first-order valence-corrected chi connectivity index (χ1v) is 3.18. The van der Waals surface area contributed by atoms with Crippen molar-refractivity contribution in [1.29, 1.82) is 0 Å². The highest BCUT2D eigenvalue weighted by Crippen LogP contribution is 1.86. The van der Waals surface area contributed by atoms with E-state index in [2.05, 4.69) is 0 Å². The van der Waals surface area contributed by atoms with Crippen LogP contribution in [0.1, 0.15) is 0 Å². The molecule has 0 aliphatic rings. The molecule has 0 radical (unpaired) electrons. The van der Waals surface area contributed by atoms with Crippen molar-refractivity contribution in [2.45, 2.75) is 6.10 Å². The summed E-state index contributed by atoms with van der Waals surface area (Å²) in [7, 11) is 0. The Balaban J connectivity index is 2.75. The molecule has 2 nitrogen and oxygen atoms in total. The minimum Gasteiger partial charge on any atom is -0.394 e. The molecule has 6 heavy (non-hydrogen) atoms. The van der Waals surface area contributed by atoms with Crippen molar-refractivity contribution >= 4 is 22.6 Å². The lowest BCUT2D eigenvalue weighted by Crippen LogP contribution is -2.12. The first-order chi connectivity index (χ1) is 2.81. The fourth-order valence-electron chi connectivity index (χ4n) is 0.0488. The normalized spacial score (nSPS) is 14.5. The maximum atomic E-state index is 8.41. The van der Waals surface area contributed by atoms with Crippen molar-refractivity contribution in [2.24, 2.45) is 0 Å². The zero-order valence-corrected chi connectivity index (χ0v) is 5.42. The summed E-state index contributed by atoms with van der Waals surface area (Å²) in [5, 5.41) is 16.5. The Morgan fingerprint density at radius 2 is 2.17 bits per heavy atom. The Labute approximate surface area is 50.3 Å². The van der Waals surface area contributed by atoms with Gasteiger partial charge in [0.05, 0.1) is 12.7 Å². The summed E-state index contributed by atoms with van der Waals surface area (Å²) < 4.78 is 0.605. The molecular weight excluding hydrogens is 195 g/mol. The van der Waals surface area contributed by atoms with Crippen LogP contribution in [0.25, 0.3) is 0 Å². The topological polar surface area (TPSA) is 40.5 Å². The second kappa shape index (κ2) is 3.83. The van der Waals surface area contributed by atoms with Crippen LogP contribution in [0.5, 0.6) is 0 Å². The summed E-state index contributed by atoms with van der Waals surface area (Å²) in [6.45, 7) is -0.122. The third-order valence-corrected chi connectivity index (χ3v) is 1.41. The lowest BCUT2D eigenvalue weighted by molar-refractivity contribution is 0.116. The fourth-order valence-corrected chi connectivity index (χ4v) is 0.327. The van der Waals surface area contributed by atoms with Gasteiger partial charge in [-0.05, 0) is 0 Å². The van der Waals surface area contributed by atoms with Gasteiger partial charge in [0.2, 0.25) is 0 Å². The van der Waals surface area contributed by atoms with Crippen LogP contribution in [0.4, 0.5) is 0 Å². The van der Waals surface area contributed by atoms with Crippen molar-refractivity contribution in [3.63, 3.8) is 0 Å². The standard InChI is InChI=1S/C3H7IO2/c4-1-3(6)2-5/h3,5-6H,1-2H2/t3-/m1/s1. The molecule has 2 N–H and O–H groups in total. The van der Waals surface area contributed by atoms with Gasteiger partial charge >= 0.3 is 0 Å². The molecule has 0 aliphatic carbocycles. The van der Waals surface area contributed by atoms with E-state index in [1.807, 2.05) is 22.6 Å². The number of hydrogen-bond donors (Lipinski definition) is 2. The summed E-state index contributed by atoms with van der Waals surface area (Å²) in [5.74, 6) is 0. The molecule has 0 aromatic heterocycles. The fraction of sp³-hybridized carbons (Fsp3) is 1.00. The van der Waals surface area contributed by atoms with E-state index < -0.39 is 6.10 Å². The predicted molar refractivity (Wildman–Crippen MR) is 32.0 cm³/mol. The van der Waals surface area contributed by atoms with Gasteiger partial charge in [0.25, 0.3) is 0 Å². The minimum atomic E-state index is -0.523. The minimum absolute atomic E-state index is 0.122. The summed E-state index contributed by atoms with van der Waals surface area (Å²) >= 11 is 2.00. The number of hydrogen-bond acceptors (Lipinski definition) is 2. The van der Waals surface area contributed by atoms with Crippen molar-refractivity contribution in [3.05, 3.63) is 0 Å². The van der Waals surface area contributed by atoms with Gasteiger partial charge in [-0.25, -0.2) is 0 Å². The smallest absolute Gasteiger partial charge is 0.0860 e. The molecule has 0 heterocycles. The van der Waals surface area contributed by atoms with Gasteiger partial charge in [-0.3, -0.25) is 0 Å². The van der Waals surface area contributed by atoms with E-state index in [4.69, 9.17) is 10.2 Å². The highest BCUT2D eigenvalue weighted by Gasteiger charge is 1.93. The van der Waals surface area contributed by atoms with E-state index in [-0.39, 0.29) is 6.61 Å². The summed E-state index contributed by atoms with van der Waals surface area (Å²) in [4.78, 5) is 0. The number of rotatable bonds is 2. The molecule has 0 saturated carbocycles. The van der Waals surface area contributed by atoms with E-state index in [0.717, 1.165) is 0 Å². The maximum absolute atomic E-state index is 8.41. The first-order valence-electron chi connectivity index (χ1n) is 1.66. The highest BCUT2D eigenvalue weighted by molar-refractivity contribution is 14.1. The Morgan fingerprint density at radius 1 is 1.67 bits per heavy atom. The third kappa shape index (κ3) is 2.87. The molecule has 0 fully saturated rings. The maximum Gasteiger partial charge on any atom is 0.0860 e. The lowest BCUT2D eigenvalue weighted by Gasteiger charge is -1.96. The summed E-state index contributed by atoms with van der Waals surface area (Å²) in [6.07, 6.45) is -0.523. The number of aliphatic hydroxyl groups is 2. The molecule has 0 spiro atoms. The third-order valence-electron chi connectivity index (χ3n) is 0.389. The van der Waals surface area contributed by atoms with E-state index in [9.17, 15) is 0 Å². The van der Waals surface area contributed by atoms with Crippen LogP contribution in [0.2, 0.25) is 0 Å². The average Bonchev–Trinajstić information content (AvgIpc) is 1.65. The number of aliphatic hydroxyl groups excluding tert-OH is 2. The summed E-state index contributed by atoms with van der Waals surface area (Å²) in [6, 6.07) is 0. The molecule has 0 bridgehead atoms. The van der Waals surface area contributed by atoms with Gasteiger partial charge in [-0.2, -0.15) is 0 Å². The van der Waals surface area contributed by atoms with Gasteiger partial charge in [-0.15, -0.1) is 0 Å². The van der Waals surface area contributed by atoms with Crippen molar-refractivity contribution < 1.29 is 10.2 Å². The molecule has 0 rings (SSSR count). The van der Waals surface area contributed by atoms with Crippen LogP contribution in [0.3, 0.4) is 0 Å². The molecule has 3 heteroatoms. The van der Waals surface area contributed by atoms with Crippen LogP contribution in [-0.2, 0) is 0 Å². The molecule has 0 saturated heterocycles. The predicted octanol–water partition coefficient (Wildman–Crippen LogP) is -0.225. The molecule has 0 aromatic rings. The quantitative estimate of drug-likeness (QED) is 0.479. The monoisotopic (exact) mass is 202 g/mol. The van der Waals surface area contributed by atoms with Gasteiger partial charge in [-0.1, -0.05) is 22.6 Å². The Hall–Kier alpha value is 0.650. The Bertz CT molecular complexity index is 28.0. The summed E-state index contributed by atoms with van der Waals surface area (Å²) in [5.41, 5.74) is 0. The van der Waals surface area contributed by atoms with Crippen LogP contribution in [0.15, 0.2) is 0 Å². The van der Waals surface area contributed by atoms with Crippen LogP contribution in [-0.4, -0.2) is 27.4 Å². The van der Waals surface area contributed by atoms with Crippen molar-refractivity contribution in [3.8, 4) is 0 Å².